The molecule has 162 valence electrons. The number of hydrogen-bond acceptors (Lipinski definition) is 4. The summed E-state index contributed by atoms with van der Waals surface area (Å²) in [5, 5.41) is 0. The Morgan fingerprint density at radius 2 is 1.59 bits per heavy atom. The summed E-state index contributed by atoms with van der Waals surface area (Å²) in [5.41, 5.74) is 1.99. The first-order valence-electron chi connectivity index (χ1n) is 9.55. The molecule has 2 heterocycles. The monoisotopic (exact) mass is 438 g/mol. The van der Waals surface area contributed by atoms with Gasteiger partial charge in [-0.1, -0.05) is 12.1 Å². The maximum atomic E-state index is 13.0. The lowest BCUT2D eigenvalue weighted by atomic mass is 10.1. The molecule has 32 heavy (non-hydrogen) atoms. The SMILES string of the molecule is CC(=O)c1ccc(N(C)C(=O)c2cn3c(-c4ccc(C(F)(F)F)cc4)cnc3cn2)cc1. The van der Waals surface area contributed by atoms with E-state index in [4.69, 9.17) is 0 Å². The number of hydrogen-bond donors (Lipinski definition) is 0. The third-order valence-corrected chi connectivity index (χ3v) is 5.09. The highest BCUT2D eigenvalue weighted by Gasteiger charge is 2.30. The first kappa shape index (κ1) is 21.2. The Hall–Kier alpha value is -4.01. The molecule has 0 spiro atoms. The molecule has 0 bridgehead atoms. The van der Waals surface area contributed by atoms with Crippen LogP contribution in [0.1, 0.15) is 33.3 Å². The zero-order valence-electron chi connectivity index (χ0n) is 17.1. The molecular weight excluding hydrogens is 421 g/mol. The van der Waals surface area contributed by atoms with Crippen LogP contribution in [-0.4, -0.2) is 33.1 Å². The van der Waals surface area contributed by atoms with Gasteiger partial charge in [0, 0.05) is 30.1 Å². The van der Waals surface area contributed by atoms with E-state index in [1.165, 1.54) is 42.5 Å². The Bertz CT molecular complexity index is 1310. The fraction of sp³-hybridized carbons (Fsp3) is 0.130. The summed E-state index contributed by atoms with van der Waals surface area (Å²) in [4.78, 5) is 34.2. The van der Waals surface area contributed by atoms with Crippen LogP contribution in [0.15, 0.2) is 67.1 Å². The molecule has 0 radical (unpaired) electrons. The molecule has 2 aromatic carbocycles. The van der Waals surface area contributed by atoms with Crippen LogP contribution in [0.4, 0.5) is 18.9 Å². The van der Waals surface area contributed by atoms with Gasteiger partial charge in [0.05, 0.1) is 23.7 Å². The summed E-state index contributed by atoms with van der Waals surface area (Å²) in [6.07, 6.45) is 0.0123. The van der Waals surface area contributed by atoms with Crippen LogP contribution < -0.4 is 4.90 Å². The van der Waals surface area contributed by atoms with E-state index in [2.05, 4.69) is 9.97 Å². The number of alkyl halides is 3. The fourth-order valence-corrected chi connectivity index (χ4v) is 3.25. The maximum Gasteiger partial charge on any atom is 0.416 e. The Balaban J connectivity index is 1.66. The van der Waals surface area contributed by atoms with Gasteiger partial charge in [-0.2, -0.15) is 13.2 Å². The van der Waals surface area contributed by atoms with Crippen LogP contribution in [-0.2, 0) is 6.18 Å². The molecule has 2 aromatic heterocycles. The second-order valence-corrected chi connectivity index (χ2v) is 7.19. The number of carbonyl (C=O) groups excluding carboxylic acids is 2. The Morgan fingerprint density at radius 1 is 0.938 bits per heavy atom. The van der Waals surface area contributed by atoms with Crippen molar-refractivity contribution in [3.05, 3.63) is 83.9 Å². The van der Waals surface area contributed by atoms with Gasteiger partial charge in [-0.15, -0.1) is 0 Å². The molecule has 0 saturated heterocycles. The van der Waals surface area contributed by atoms with Gasteiger partial charge in [0.1, 0.15) is 5.69 Å². The van der Waals surface area contributed by atoms with Gasteiger partial charge in [0.2, 0.25) is 0 Å². The average Bonchev–Trinajstić information content (AvgIpc) is 3.21. The molecule has 0 aliphatic carbocycles. The van der Waals surface area contributed by atoms with Crippen molar-refractivity contribution in [2.45, 2.75) is 13.1 Å². The van der Waals surface area contributed by atoms with Gasteiger partial charge in [-0.05, 0) is 43.3 Å². The van der Waals surface area contributed by atoms with Crippen molar-refractivity contribution in [2.75, 3.05) is 11.9 Å². The van der Waals surface area contributed by atoms with Gasteiger partial charge in [-0.3, -0.25) is 14.0 Å². The van der Waals surface area contributed by atoms with Crippen molar-refractivity contribution in [2.24, 2.45) is 0 Å². The molecule has 0 fully saturated rings. The van der Waals surface area contributed by atoms with E-state index >= 15 is 0 Å². The second kappa shape index (κ2) is 7.92. The number of rotatable bonds is 4. The van der Waals surface area contributed by atoms with Crippen molar-refractivity contribution in [3.63, 3.8) is 0 Å². The van der Waals surface area contributed by atoms with Crippen LogP contribution in [0, 0.1) is 0 Å². The van der Waals surface area contributed by atoms with Gasteiger partial charge in [-0.25, -0.2) is 9.97 Å². The lowest BCUT2D eigenvalue weighted by Gasteiger charge is -2.17. The normalized spacial score (nSPS) is 11.5. The highest BCUT2D eigenvalue weighted by Crippen LogP contribution is 2.31. The number of nitrogens with zero attached hydrogens (tertiary/aromatic N) is 4. The fourth-order valence-electron chi connectivity index (χ4n) is 3.25. The first-order valence-corrected chi connectivity index (χ1v) is 9.55. The summed E-state index contributed by atoms with van der Waals surface area (Å²) in [6.45, 7) is 1.46. The summed E-state index contributed by atoms with van der Waals surface area (Å²) in [7, 11) is 1.58. The molecule has 0 atom stereocenters. The molecule has 0 aliphatic heterocycles. The average molecular weight is 438 g/mol. The number of amides is 1. The molecule has 0 saturated carbocycles. The standard InChI is InChI=1S/C23H17F3N4O2/c1-14(31)15-5-9-18(10-6-15)29(2)22(32)19-13-30-20(11-28-21(30)12-27-19)16-3-7-17(8-4-16)23(24,25)26/h3-13H,1-2H3. The number of aromatic nitrogens is 3. The molecule has 9 heteroatoms. The van der Waals surface area contributed by atoms with E-state index in [0.29, 0.717) is 28.2 Å². The van der Waals surface area contributed by atoms with E-state index in [1.54, 1.807) is 35.7 Å². The molecule has 1 amide bonds. The number of benzene rings is 2. The van der Waals surface area contributed by atoms with Crippen molar-refractivity contribution >= 4 is 23.0 Å². The Kier molecular flexibility index (Phi) is 5.25. The van der Waals surface area contributed by atoms with E-state index in [-0.39, 0.29) is 11.5 Å². The van der Waals surface area contributed by atoms with Gasteiger partial charge in [0.15, 0.2) is 11.4 Å². The molecule has 4 rings (SSSR count). The molecule has 6 nitrogen and oxygen atoms in total. The van der Waals surface area contributed by atoms with Crippen molar-refractivity contribution < 1.29 is 22.8 Å². The smallest absolute Gasteiger partial charge is 0.310 e. The van der Waals surface area contributed by atoms with Crippen molar-refractivity contribution in [1.82, 2.24) is 14.4 Å². The minimum Gasteiger partial charge on any atom is -0.310 e. The summed E-state index contributed by atoms with van der Waals surface area (Å²) in [5.74, 6) is -0.469. The van der Waals surface area contributed by atoms with Gasteiger partial charge < -0.3 is 4.90 Å². The minimum absolute atomic E-state index is 0.0754. The predicted octanol–water partition coefficient (Wildman–Crippen LogP) is 4.89. The molecular formula is C23H17F3N4O2. The van der Waals surface area contributed by atoms with E-state index in [1.807, 2.05) is 0 Å². The summed E-state index contributed by atoms with van der Waals surface area (Å²) < 4.78 is 40.2. The molecule has 0 N–H and O–H groups in total. The third kappa shape index (κ3) is 3.96. The zero-order chi connectivity index (χ0) is 23.0. The van der Waals surface area contributed by atoms with Crippen molar-refractivity contribution in [3.8, 4) is 11.3 Å². The predicted molar refractivity (Wildman–Crippen MR) is 113 cm³/mol. The number of Topliss-reactive ketones (excluding diaryl/α,β-unsaturated/α-hetero) is 1. The van der Waals surface area contributed by atoms with Crippen LogP contribution in [0.2, 0.25) is 0 Å². The quantitative estimate of drug-likeness (QED) is 0.426. The van der Waals surface area contributed by atoms with Crippen LogP contribution in [0.25, 0.3) is 16.9 Å². The van der Waals surface area contributed by atoms with Crippen molar-refractivity contribution in [1.29, 1.82) is 0 Å². The first-order chi connectivity index (χ1) is 15.1. The number of halogens is 3. The molecule has 0 aliphatic rings. The van der Waals surface area contributed by atoms with Crippen LogP contribution in [0.3, 0.4) is 0 Å². The number of carbonyl (C=O) groups is 2. The van der Waals surface area contributed by atoms with Crippen LogP contribution >= 0.6 is 0 Å². The number of ketones is 1. The van der Waals surface area contributed by atoms with Gasteiger partial charge >= 0.3 is 6.18 Å². The number of imidazole rings is 1. The van der Waals surface area contributed by atoms with E-state index in [0.717, 1.165) is 12.1 Å². The minimum atomic E-state index is -4.42. The Morgan fingerprint density at radius 3 is 2.19 bits per heavy atom. The summed E-state index contributed by atoms with van der Waals surface area (Å²) in [6, 6.07) is 11.3. The third-order valence-electron chi connectivity index (χ3n) is 5.09. The highest BCUT2D eigenvalue weighted by molar-refractivity contribution is 6.04. The molecule has 0 unspecified atom stereocenters. The Labute approximate surface area is 181 Å². The summed E-state index contributed by atoms with van der Waals surface area (Å²) >= 11 is 0. The number of anilines is 1. The lowest BCUT2D eigenvalue weighted by molar-refractivity contribution is -0.137. The van der Waals surface area contributed by atoms with E-state index < -0.39 is 17.6 Å². The zero-order valence-corrected chi connectivity index (χ0v) is 17.1. The maximum absolute atomic E-state index is 13.0. The van der Waals surface area contributed by atoms with E-state index in [9.17, 15) is 22.8 Å². The van der Waals surface area contributed by atoms with Crippen LogP contribution in [0.5, 0.6) is 0 Å². The lowest BCUT2D eigenvalue weighted by Crippen LogP contribution is -2.27. The number of fused-ring (bicyclic) bond motifs is 1. The highest BCUT2D eigenvalue weighted by atomic mass is 19.4. The molecule has 4 aromatic rings. The largest absolute Gasteiger partial charge is 0.416 e. The second-order valence-electron chi connectivity index (χ2n) is 7.19. The van der Waals surface area contributed by atoms with Gasteiger partial charge in [0.25, 0.3) is 5.91 Å². The topological polar surface area (TPSA) is 67.6 Å².